The number of benzene rings is 1. The number of azide groups is 1. The number of ether oxygens (including phenoxy) is 7. The van der Waals surface area contributed by atoms with Gasteiger partial charge in [0.2, 0.25) is 11.8 Å². The number of aryl methyl sites for hydroxylation is 1. The Morgan fingerprint density at radius 1 is 0.594 bits per heavy atom. The zero-order valence-electron chi connectivity index (χ0n) is 59.8. The Labute approximate surface area is 621 Å². The Kier molecular flexibility index (Phi) is 45.2. The molecule has 7 N–H and O–H groups in total. The van der Waals surface area contributed by atoms with Crippen LogP contribution in [0.2, 0.25) is 0 Å². The summed E-state index contributed by atoms with van der Waals surface area (Å²) in [6.45, 7) is 22.2. The van der Waals surface area contributed by atoms with E-state index in [0.29, 0.717) is 71.1 Å². The fraction of sp³-hybridized carbons (Fsp3) is 0.522. The van der Waals surface area contributed by atoms with Gasteiger partial charge in [-0.25, -0.2) is 24.0 Å². The number of barbiturate groups is 1. The maximum Gasteiger partial charge on any atom is 0.384 e. The van der Waals surface area contributed by atoms with E-state index in [9.17, 15) is 71.1 Å². The number of alkyl halides is 1. The first kappa shape index (κ1) is 93.8. The van der Waals surface area contributed by atoms with Crippen molar-refractivity contribution in [3.05, 3.63) is 78.2 Å². The molecule has 0 spiro atoms. The summed E-state index contributed by atoms with van der Waals surface area (Å²) in [6.07, 6.45) is 11.8. The Bertz CT molecular complexity index is 3620. The van der Waals surface area contributed by atoms with Gasteiger partial charge in [-0.1, -0.05) is 57.0 Å². The van der Waals surface area contributed by atoms with Gasteiger partial charge in [0.25, 0.3) is 10.1 Å². The van der Waals surface area contributed by atoms with Crippen LogP contribution in [0.15, 0.2) is 103 Å². The van der Waals surface area contributed by atoms with Crippen LogP contribution in [0.3, 0.4) is 0 Å². The Hall–Kier alpha value is -10.2. The predicted molar refractivity (Wildman–Crippen MR) is 388 cm³/mol. The molecule has 10 unspecified atom stereocenters. The van der Waals surface area contributed by atoms with E-state index in [1.165, 1.54) is 38.7 Å². The molecular formula is C67H91BrN14O23S. The van der Waals surface area contributed by atoms with E-state index in [-0.39, 0.29) is 127 Å². The lowest BCUT2D eigenvalue weighted by Gasteiger charge is -2.33. The number of terminal acetylenes is 1. The normalized spacial score (nSPS) is 22.2. The van der Waals surface area contributed by atoms with E-state index in [0.717, 1.165) is 26.9 Å². The number of hydrazone groups is 3. The van der Waals surface area contributed by atoms with Crippen LogP contribution in [0.4, 0.5) is 4.79 Å². The lowest BCUT2D eigenvalue weighted by Crippen LogP contribution is -2.51. The minimum atomic E-state index is -4.06. The van der Waals surface area contributed by atoms with Gasteiger partial charge >= 0.3 is 29.9 Å². The van der Waals surface area contributed by atoms with Crippen LogP contribution < -0.4 is 17.5 Å². The highest BCUT2D eigenvalue weighted by molar-refractivity contribution is 9.09. The van der Waals surface area contributed by atoms with Crippen molar-refractivity contribution in [3.63, 3.8) is 0 Å². The van der Waals surface area contributed by atoms with Crippen molar-refractivity contribution >= 4 is 132 Å². The van der Waals surface area contributed by atoms with E-state index >= 15 is 0 Å². The largest absolute Gasteiger partial charge is 0.461 e. The quantitative estimate of drug-likeness (QED) is 0.00656. The number of amides is 4. The smallest absolute Gasteiger partial charge is 0.384 e. The number of nitrogens with two attached hydrogens (primary N) is 3. The van der Waals surface area contributed by atoms with Gasteiger partial charge in [0.1, 0.15) is 36.9 Å². The molecule has 6 fully saturated rings. The molecule has 10 atom stereocenters. The summed E-state index contributed by atoms with van der Waals surface area (Å²) in [4.78, 5) is 149. The molecule has 5 saturated carbocycles. The molecule has 4 amide bonds. The molecule has 0 aromatic heterocycles. The molecule has 1 heterocycles. The maximum absolute atomic E-state index is 12.3. The number of esters is 4. The lowest BCUT2D eigenvalue weighted by molar-refractivity contribution is -0.147. The summed E-state index contributed by atoms with van der Waals surface area (Å²) >= 11 is 3.33. The molecule has 580 valence electrons. The Morgan fingerprint density at radius 3 is 1.25 bits per heavy atom. The number of halogens is 1. The molecule has 1 saturated heterocycles. The number of urea groups is 1. The molecule has 7 rings (SSSR count). The Balaban J connectivity index is 0.000000641. The van der Waals surface area contributed by atoms with E-state index in [1.54, 1.807) is 64.0 Å². The van der Waals surface area contributed by atoms with Gasteiger partial charge in [-0.2, -0.15) is 23.7 Å². The summed E-state index contributed by atoms with van der Waals surface area (Å²) < 4.78 is 64.0. The van der Waals surface area contributed by atoms with Crippen LogP contribution in [0.1, 0.15) is 71.8 Å². The van der Waals surface area contributed by atoms with Crippen LogP contribution >= 0.6 is 15.9 Å². The van der Waals surface area contributed by atoms with E-state index in [1.807, 2.05) is 6.92 Å². The molecule has 39 heteroatoms. The van der Waals surface area contributed by atoms with Crippen molar-refractivity contribution in [3.8, 4) is 12.3 Å². The van der Waals surface area contributed by atoms with Gasteiger partial charge in [-0.05, 0) is 52.3 Å². The standard InChI is InChI=1S/C17H21N3O6S.C13H19N3O4.C10H15N3O4.C8H11BrO2.C8H11N3O2.C6H8N2O3.C5H6O2/c1-3-25-17(22)14(20-18)10-19-9-12-8-15(21)16(12)26-27(23,24)13-6-4-11(2)5-7-13;1-3-5-20-12-9(6-11(12)17)7-15-8-10(16-14)13(18)19-4-2;1-2-17-10(16)7(13-11)5-12-4-6-3-8(14)9(6)15;1-2-3-11-8-6(5-9)4-7(8)10;1-2-3-13-8-6(4-7(8)12)5-10-11-9;1-7-4(9)3-5(10)8(2)6(7)11;1-3-5(6)7-4-2/h4-7,10,12,16H,3,8-9,18H2,1-2H3;3,8-9,12H,1,4-7,14H2,2H3;5-6,9,15H,2-4,11H2,1H3;2,6,8H,1,3-5H2;2,6,8H,1,3-5H2;3H2,1-2H3;1H,4H2,2H3. The second kappa shape index (κ2) is 51.1. The van der Waals surface area contributed by atoms with Crippen LogP contribution in [0.5, 0.6) is 0 Å². The molecule has 1 aliphatic heterocycles. The zero-order chi connectivity index (χ0) is 80.1. The number of rotatable bonds is 31. The van der Waals surface area contributed by atoms with Crippen LogP contribution in [0, 0.1) is 48.9 Å². The SMILES string of the molecule is C#CC(=O)OCC.C=CCOC1C(=O)CC1CBr.C=CCOC1C(=O)CC1CN=CC(=NN)C(=O)OCC.C=CCOC1C(=O)CC1CN=[N+]=[N-].CCOC(=O)C(C=NCC1CC(=O)C1O)=NN.CCOC(=O)C(C=NCC1CC(=O)C1OS(=O)(=O)c1ccc(C)cc1)=NN.CN1C(=O)CC(=O)N(C)C1=O. The van der Waals surface area contributed by atoms with E-state index in [2.05, 4.69) is 91.9 Å². The summed E-state index contributed by atoms with van der Waals surface area (Å²) in [7, 11) is -1.35. The minimum absolute atomic E-state index is 0.0138. The molecule has 106 heavy (non-hydrogen) atoms. The molecule has 37 nitrogen and oxygen atoms in total. The minimum Gasteiger partial charge on any atom is -0.461 e. The van der Waals surface area contributed by atoms with Crippen LogP contribution in [0.25, 0.3) is 10.4 Å². The number of carbonyl (C=O) groups excluding carboxylic acids is 12. The molecule has 1 aromatic carbocycles. The summed E-state index contributed by atoms with van der Waals surface area (Å²) in [5, 5.41) is 23.3. The number of ketones is 5. The number of Topliss-reactive ketones (excluding diaryl/α,β-unsaturated/α-hetero) is 5. The first-order chi connectivity index (χ1) is 50.4. The number of imide groups is 2. The predicted octanol–water partition coefficient (Wildman–Crippen LogP) is 2.19. The number of aliphatic hydroxyl groups excluding tert-OH is 1. The van der Waals surface area contributed by atoms with Crippen molar-refractivity contribution in [2.24, 2.45) is 82.5 Å². The highest BCUT2D eigenvalue weighted by Gasteiger charge is 2.45. The highest BCUT2D eigenvalue weighted by atomic mass is 79.9. The number of hydrogen-bond acceptors (Lipinski definition) is 33. The molecule has 5 aliphatic carbocycles. The fourth-order valence-corrected chi connectivity index (χ4v) is 10.6. The van der Waals surface area contributed by atoms with Crippen molar-refractivity contribution in [1.29, 1.82) is 0 Å². The van der Waals surface area contributed by atoms with Crippen LogP contribution in [-0.4, -0.2) is 252 Å². The third-order valence-corrected chi connectivity index (χ3v) is 17.1. The van der Waals surface area contributed by atoms with Gasteiger partial charge in [-0.15, -0.1) is 26.2 Å². The van der Waals surface area contributed by atoms with Gasteiger partial charge in [-0.3, -0.25) is 62.5 Å². The summed E-state index contributed by atoms with van der Waals surface area (Å²) in [6, 6.07) is 5.56. The van der Waals surface area contributed by atoms with Gasteiger partial charge in [0, 0.05) is 118 Å². The average molecular weight is 1570 g/mol. The fourth-order valence-electron chi connectivity index (χ4n) is 8.92. The van der Waals surface area contributed by atoms with Crippen LogP contribution in [-0.2, 0) is 100 Å². The van der Waals surface area contributed by atoms with Gasteiger partial charge in [0.05, 0.1) is 69.8 Å². The highest BCUT2D eigenvalue weighted by Crippen LogP contribution is 2.32. The Morgan fingerprint density at radius 2 is 0.943 bits per heavy atom. The third kappa shape index (κ3) is 32.0. The second-order valence-corrected chi connectivity index (χ2v) is 24.7. The number of carbonyl (C=O) groups is 12. The number of nitrogens with zero attached hydrogens (tertiary/aromatic N) is 11. The topological polar surface area (TPSA) is 541 Å². The van der Waals surface area contributed by atoms with E-state index < -0.39 is 76.1 Å². The third-order valence-electron chi connectivity index (χ3n) is 14.9. The zero-order valence-corrected chi connectivity index (χ0v) is 62.2. The van der Waals surface area contributed by atoms with Crippen molar-refractivity contribution in [2.45, 2.75) is 109 Å². The maximum atomic E-state index is 12.3. The van der Waals surface area contributed by atoms with Crippen molar-refractivity contribution in [2.75, 3.05) is 91.9 Å². The molecule has 0 bridgehead atoms. The molecule has 6 aliphatic rings. The van der Waals surface area contributed by atoms with Crippen molar-refractivity contribution in [1.82, 2.24) is 9.80 Å². The van der Waals surface area contributed by atoms with Gasteiger partial charge < -0.3 is 55.8 Å². The number of aliphatic hydroxyl groups is 1. The number of aliphatic imine (C=N–C) groups is 3. The lowest BCUT2D eigenvalue weighted by atomic mass is 9.80. The molecular weight excluding hydrogens is 1480 g/mol. The number of hydrogen-bond donors (Lipinski definition) is 4. The monoisotopic (exact) mass is 1570 g/mol. The molecule has 1 aromatic rings. The summed E-state index contributed by atoms with van der Waals surface area (Å²) in [5.74, 6) is 13.3. The molecule has 0 radical (unpaired) electrons. The first-order valence-corrected chi connectivity index (χ1v) is 35.1. The average Bonchev–Trinajstić information content (AvgIpc) is 0.793. The summed E-state index contributed by atoms with van der Waals surface area (Å²) in [5.41, 5.74) is 8.66. The van der Waals surface area contributed by atoms with E-state index in [4.69, 9.17) is 50.9 Å². The van der Waals surface area contributed by atoms with Gasteiger partial charge in [0.15, 0.2) is 46.1 Å². The second-order valence-electron chi connectivity index (χ2n) is 22.5. The first-order valence-electron chi connectivity index (χ1n) is 32.6. The van der Waals surface area contributed by atoms with Crippen molar-refractivity contribution < 1.29 is 108 Å².